The van der Waals surface area contributed by atoms with Crippen molar-refractivity contribution in [2.75, 3.05) is 0 Å². The number of nitrogens with zero attached hydrogens (tertiary/aromatic N) is 6. The van der Waals surface area contributed by atoms with Crippen molar-refractivity contribution in [3.05, 3.63) is 59.7 Å². The second-order valence-electron chi connectivity index (χ2n) is 5.58. The van der Waals surface area contributed by atoms with Gasteiger partial charge in [-0.1, -0.05) is 6.07 Å². The number of hydrogen-bond acceptors (Lipinski definition) is 6. The maximum atomic E-state index is 13.6. The van der Waals surface area contributed by atoms with Gasteiger partial charge < -0.3 is 0 Å². The van der Waals surface area contributed by atoms with Gasteiger partial charge in [-0.3, -0.25) is 0 Å². The molecule has 0 saturated carbocycles. The van der Waals surface area contributed by atoms with E-state index in [0.29, 0.717) is 21.1 Å². The molecule has 4 rings (SSSR count). The topological polar surface area (TPSA) is 69.4 Å². The Hall–Kier alpha value is -2.87. The van der Waals surface area contributed by atoms with Gasteiger partial charge >= 0.3 is 0 Å². The third kappa shape index (κ3) is 2.96. The van der Waals surface area contributed by atoms with Crippen LogP contribution < -0.4 is 0 Å². The van der Waals surface area contributed by atoms with Crippen molar-refractivity contribution in [3.8, 4) is 5.69 Å². The molecule has 0 spiro atoms. The van der Waals surface area contributed by atoms with E-state index in [2.05, 4.69) is 32.4 Å². The molecule has 25 heavy (non-hydrogen) atoms. The number of fused-ring (bicyclic) bond motifs is 1. The third-order valence-corrected chi connectivity index (χ3v) is 4.88. The molecule has 0 aliphatic carbocycles. The minimum Gasteiger partial charge on any atom is -0.236 e. The minimum atomic E-state index is -0.335. The molecule has 124 valence electrons. The van der Waals surface area contributed by atoms with Gasteiger partial charge in [-0.25, -0.2) is 14.4 Å². The third-order valence-electron chi connectivity index (χ3n) is 3.92. The average molecular weight is 352 g/mol. The van der Waals surface area contributed by atoms with E-state index in [0.717, 1.165) is 11.3 Å². The van der Waals surface area contributed by atoms with E-state index in [1.165, 1.54) is 35.8 Å². The van der Waals surface area contributed by atoms with Crippen molar-refractivity contribution in [1.82, 2.24) is 30.2 Å². The van der Waals surface area contributed by atoms with Gasteiger partial charge in [-0.05, 0) is 77.5 Å². The molecule has 0 unspecified atom stereocenters. The predicted octanol–water partition coefficient (Wildman–Crippen LogP) is 3.51. The Morgan fingerprint density at radius 3 is 2.72 bits per heavy atom. The van der Waals surface area contributed by atoms with Crippen LogP contribution in [0.25, 0.3) is 16.6 Å². The summed E-state index contributed by atoms with van der Waals surface area (Å²) in [5.74, 6) is -0.335. The Kier molecular flexibility index (Phi) is 3.89. The quantitative estimate of drug-likeness (QED) is 0.526. The van der Waals surface area contributed by atoms with Gasteiger partial charge in [0.15, 0.2) is 0 Å². The monoisotopic (exact) mass is 352 g/mol. The summed E-state index contributed by atoms with van der Waals surface area (Å²) >= 11 is 1.27. The highest BCUT2D eigenvalue weighted by atomic mass is 32.2. The lowest BCUT2D eigenvalue weighted by Crippen LogP contribution is -2.00. The first-order valence-corrected chi connectivity index (χ1v) is 8.37. The number of aromatic nitrogens is 6. The van der Waals surface area contributed by atoms with Crippen molar-refractivity contribution < 1.29 is 4.39 Å². The van der Waals surface area contributed by atoms with Crippen LogP contribution in [0.15, 0.2) is 52.9 Å². The minimum absolute atomic E-state index is 0.335. The van der Waals surface area contributed by atoms with Crippen molar-refractivity contribution in [2.24, 2.45) is 0 Å². The van der Waals surface area contributed by atoms with Gasteiger partial charge in [-0.2, -0.15) is 4.68 Å². The van der Waals surface area contributed by atoms with E-state index >= 15 is 0 Å². The van der Waals surface area contributed by atoms with Crippen molar-refractivity contribution in [2.45, 2.75) is 24.0 Å². The smallest absolute Gasteiger partial charge is 0.220 e. The van der Waals surface area contributed by atoms with Crippen LogP contribution in [0.1, 0.15) is 11.1 Å². The number of halogens is 1. The van der Waals surface area contributed by atoms with E-state index in [9.17, 15) is 4.39 Å². The van der Waals surface area contributed by atoms with Crippen LogP contribution in [0.2, 0.25) is 0 Å². The molecular formula is C17H13FN6S. The summed E-state index contributed by atoms with van der Waals surface area (Å²) in [6.07, 6.45) is 1.45. The van der Waals surface area contributed by atoms with E-state index < -0.39 is 0 Å². The fourth-order valence-corrected chi connectivity index (χ4v) is 3.29. The van der Waals surface area contributed by atoms with Gasteiger partial charge in [0, 0.05) is 5.39 Å². The summed E-state index contributed by atoms with van der Waals surface area (Å²) in [6.45, 7) is 4.09. The summed E-state index contributed by atoms with van der Waals surface area (Å²) in [5, 5.41) is 13.7. The van der Waals surface area contributed by atoms with Crippen LogP contribution in [0.4, 0.5) is 4.39 Å². The maximum absolute atomic E-state index is 13.6. The molecule has 0 amide bonds. The Labute approximate surface area is 147 Å². The summed E-state index contributed by atoms with van der Waals surface area (Å²) in [4.78, 5) is 8.43. The van der Waals surface area contributed by atoms with Gasteiger partial charge in [-0.15, -0.1) is 5.10 Å². The van der Waals surface area contributed by atoms with Crippen molar-refractivity contribution in [1.29, 1.82) is 0 Å². The molecule has 0 radical (unpaired) electrons. The van der Waals surface area contributed by atoms with E-state index in [4.69, 9.17) is 0 Å². The lowest BCUT2D eigenvalue weighted by molar-refractivity contribution is 0.629. The van der Waals surface area contributed by atoms with Crippen LogP contribution >= 0.6 is 11.8 Å². The molecule has 0 atom stereocenters. The molecule has 0 aliphatic rings. The maximum Gasteiger partial charge on any atom is 0.220 e. The largest absolute Gasteiger partial charge is 0.236 e. The van der Waals surface area contributed by atoms with Crippen LogP contribution in [-0.4, -0.2) is 30.2 Å². The summed E-state index contributed by atoms with van der Waals surface area (Å²) in [7, 11) is 0. The lowest BCUT2D eigenvalue weighted by Gasteiger charge is -2.07. The van der Waals surface area contributed by atoms with Crippen LogP contribution in [0.3, 0.4) is 0 Å². The zero-order valence-electron chi connectivity index (χ0n) is 13.5. The summed E-state index contributed by atoms with van der Waals surface area (Å²) in [5.41, 5.74) is 3.88. The van der Waals surface area contributed by atoms with Crippen molar-refractivity contribution in [3.63, 3.8) is 0 Å². The molecule has 2 heterocycles. The molecule has 8 heteroatoms. The normalized spacial score (nSPS) is 11.2. The Morgan fingerprint density at radius 1 is 1.00 bits per heavy atom. The van der Waals surface area contributed by atoms with Gasteiger partial charge in [0.1, 0.15) is 17.2 Å². The van der Waals surface area contributed by atoms with Crippen molar-refractivity contribution >= 4 is 22.7 Å². The average Bonchev–Trinajstić information content (AvgIpc) is 3.06. The predicted molar refractivity (Wildman–Crippen MR) is 92.2 cm³/mol. The first-order valence-electron chi connectivity index (χ1n) is 7.56. The fraction of sp³-hybridized carbons (Fsp3) is 0.118. The second-order valence-corrected chi connectivity index (χ2v) is 6.54. The molecule has 4 aromatic rings. The number of tetrazole rings is 1. The molecule has 0 bridgehead atoms. The Morgan fingerprint density at radius 2 is 1.88 bits per heavy atom. The number of aryl methyl sites for hydroxylation is 2. The highest BCUT2D eigenvalue weighted by Crippen LogP contribution is 2.31. The van der Waals surface area contributed by atoms with E-state index in [1.54, 1.807) is 10.7 Å². The number of rotatable bonds is 3. The van der Waals surface area contributed by atoms with Crippen LogP contribution in [0.5, 0.6) is 0 Å². The zero-order valence-corrected chi connectivity index (χ0v) is 14.3. The molecule has 2 aromatic carbocycles. The number of hydrogen-bond donors (Lipinski definition) is 0. The summed E-state index contributed by atoms with van der Waals surface area (Å²) in [6, 6.07) is 10.4. The highest BCUT2D eigenvalue weighted by molar-refractivity contribution is 7.99. The van der Waals surface area contributed by atoms with Gasteiger partial charge in [0.05, 0.1) is 11.2 Å². The molecule has 0 aliphatic heterocycles. The van der Waals surface area contributed by atoms with E-state index in [1.807, 2.05) is 25.1 Å². The lowest BCUT2D eigenvalue weighted by atomic mass is 10.1. The molecule has 0 fully saturated rings. The highest BCUT2D eigenvalue weighted by Gasteiger charge is 2.14. The van der Waals surface area contributed by atoms with Gasteiger partial charge in [0.25, 0.3) is 0 Å². The molecule has 6 nitrogen and oxygen atoms in total. The first-order chi connectivity index (χ1) is 12.1. The molecule has 0 N–H and O–H groups in total. The molecular weight excluding hydrogens is 339 g/mol. The second kappa shape index (κ2) is 6.21. The Balaban J connectivity index is 1.77. The number of benzene rings is 2. The molecule has 2 aromatic heterocycles. The fourth-order valence-electron chi connectivity index (χ4n) is 2.43. The van der Waals surface area contributed by atoms with Crippen LogP contribution in [0, 0.1) is 19.7 Å². The van der Waals surface area contributed by atoms with Gasteiger partial charge in [0.2, 0.25) is 5.16 Å². The van der Waals surface area contributed by atoms with Crippen LogP contribution in [-0.2, 0) is 0 Å². The summed E-state index contributed by atoms with van der Waals surface area (Å²) < 4.78 is 15.3. The standard InChI is InChI=1S/C17H13FN6S/c1-10-3-5-13(7-11(10)2)24-17(21-22-23-24)25-16-14-8-12(18)4-6-15(14)19-9-20-16/h3-9H,1-2H3. The Bertz CT molecular complexity index is 1080. The molecule has 0 saturated heterocycles. The van der Waals surface area contributed by atoms with E-state index in [-0.39, 0.29) is 5.82 Å². The first kappa shape index (κ1) is 15.6. The zero-order chi connectivity index (χ0) is 17.4. The SMILES string of the molecule is Cc1ccc(-n2nnnc2Sc2ncnc3ccc(F)cc23)cc1C.